The fraction of sp³-hybridized carbons (Fsp3) is 0.481. The highest BCUT2D eigenvalue weighted by molar-refractivity contribution is 5.93. The molecule has 2 aliphatic rings. The van der Waals surface area contributed by atoms with Crippen molar-refractivity contribution in [3.05, 3.63) is 57.9 Å². The van der Waals surface area contributed by atoms with Gasteiger partial charge in [-0.05, 0) is 111 Å². The van der Waals surface area contributed by atoms with Crippen LogP contribution in [0, 0.1) is 6.92 Å². The van der Waals surface area contributed by atoms with Crippen molar-refractivity contribution in [1.29, 1.82) is 0 Å². The number of aromatic nitrogens is 2. The second-order valence-corrected chi connectivity index (χ2v) is 10.0. The number of aliphatic hydroxyl groups excluding tert-OH is 1. The van der Waals surface area contributed by atoms with Crippen LogP contribution in [-0.2, 0) is 19.0 Å². The summed E-state index contributed by atoms with van der Waals surface area (Å²) < 4.78 is 40.1. The van der Waals surface area contributed by atoms with E-state index in [0.29, 0.717) is 23.1 Å². The molecule has 1 heterocycles. The molecule has 0 radical (unpaired) electrons. The van der Waals surface area contributed by atoms with Gasteiger partial charge in [0.25, 0.3) is 0 Å². The van der Waals surface area contributed by atoms with E-state index in [1.165, 1.54) is 16.7 Å². The van der Waals surface area contributed by atoms with E-state index >= 15 is 0 Å². The Bertz CT molecular complexity index is 1270. The van der Waals surface area contributed by atoms with Gasteiger partial charge in [-0.25, -0.2) is 9.97 Å². The van der Waals surface area contributed by atoms with Gasteiger partial charge >= 0.3 is 6.18 Å². The van der Waals surface area contributed by atoms with Gasteiger partial charge in [-0.3, -0.25) is 0 Å². The van der Waals surface area contributed by atoms with Gasteiger partial charge in [-0.1, -0.05) is 0 Å². The van der Waals surface area contributed by atoms with Crippen molar-refractivity contribution in [2.75, 3.05) is 11.1 Å². The number of nitrogens with zero attached hydrogens (tertiary/aromatic N) is 2. The first-order valence-electron chi connectivity index (χ1n) is 12.4. The molecule has 1 aromatic heterocycles. The summed E-state index contributed by atoms with van der Waals surface area (Å²) in [7, 11) is 0. The van der Waals surface area contributed by atoms with E-state index in [4.69, 9.17) is 10.7 Å². The number of hydrogen-bond acceptors (Lipinski definition) is 5. The molecule has 35 heavy (non-hydrogen) atoms. The van der Waals surface area contributed by atoms with Crippen molar-refractivity contribution >= 4 is 22.4 Å². The number of fused-ring (bicyclic) bond motifs is 3. The standard InChI is InChI=1S/C27H31F3N4O/c1-14(17-10-18(27(28,29)30)12-19(31)11-17)32-26-24-13-23(16-6-8-20(35)9-7-16)21-4-3-5-22(21)25(24)33-15(2)34-26/h10-14,16,20,35H,3-9,31H2,1-2H3,(H,32,33,34). The maximum absolute atomic E-state index is 13.4. The van der Waals surface area contributed by atoms with Crippen molar-refractivity contribution in [2.24, 2.45) is 0 Å². The normalized spacial score (nSPS) is 21.2. The Hall–Kier alpha value is -2.87. The lowest BCUT2D eigenvalue weighted by Gasteiger charge is -2.28. The largest absolute Gasteiger partial charge is 0.416 e. The van der Waals surface area contributed by atoms with Crippen molar-refractivity contribution in [2.45, 2.75) is 83.0 Å². The Balaban J connectivity index is 1.57. The highest BCUT2D eigenvalue weighted by atomic mass is 19.4. The summed E-state index contributed by atoms with van der Waals surface area (Å²) in [6.07, 6.45) is 1.91. The van der Waals surface area contributed by atoms with Gasteiger partial charge in [0.2, 0.25) is 0 Å². The van der Waals surface area contributed by atoms with Crippen LogP contribution < -0.4 is 11.1 Å². The van der Waals surface area contributed by atoms with E-state index in [1.54, 1.807) is 6.07 Å². The third-order valence-electron chi connectivity index (χ3n) is 7.50. The monoisotopic (exact) mass is 484 g/mol. The van der Waals surface area contributed by atoms with Crippen LogP contribution in [0.3, 0.4) is 0 Å². The van der Waals surface area contributed by atoms with Crippen molar-refractivity contribution in [3.8, 4) is 0 Å². The molecule has 2 aromatic carbocycles. The van der Waals surface area contributed by atoms with Gasteiger partial charge < -0.3 is 16.2 Å². The van der Waals surface area contributed by atoms with Crippen molar-refractivity contribution in [3.63, 3.8) is 0 Å². The van der Waals surface area contributed by atoms with Crippen LogP contribution in [0.1, 0.15) is 84.6 Å². The number of anilines is 2. The van der Waals surface area contributed by atoms with E-state index in [0.717, 1.165) is 68.0 Å². The Morgan fingerprint density at radius 1 is 1.03 bits per heavy atom. The van der Waals surface area contributed by atoms with Gasteiger partial charge in [0, 0.05) is 11.1 Å². The van der Waals surface area contributed by atoms with Crippen LogP contribution in [0.4, 0.5) is 24.7 Å². The summed E-state index contributed by atoms with van der Waals surface area (Å²) in [5.74, 6) is 1.64. The first-order chi connectivity index (χ1) is 16.6. The minimum atomic E-state index is -4.47. The lowest BCUT2D eigenvalue weighted by Crippen LogP contribution is -2.18. The van der Waals surface area contributed by atoms with Gasteiger partial charge in [0.05, 0.1) is 23.2 Å². The third-order valence-corrected chi connectivity index (χ3v) is 7.50. The summed E-state index contributed by atoms with van der Waals surface area (Å²) >= 11 is 0. The summed E-state index contributed by atoms with van der Waals surface area (Å²) in [6.45, 7) is 3.66. The van der Waals surface area contributed by atoms with Crippen LogP contribution in [0.5, 0.6) is 0 Å². The van der Waals surface area contributed by atoms with Gasteiger partial charge in [-0.15, -0.1) is 0 Å². The zero-order valence-electron chi connectivity index (χ0n) is 20.0. The zero-order chi connectivity index (χ0) is 24.9. The number of rotatable bonds is 4. The number of aryl methyl sites for hydroxylation is 2. The van der Waals surface area contributed by atoms with E-state index < -0.39 is 17.8 Å². The minimum Gasteiger partial charge on any atom is -0.399 e. The van der Waals surface area contributed by atoms with Crippen LogP contribution in [0.15, 0.2) is 24.3 Å². The molecule has 2 aliphatic carbocycles. The number of nitrogens with two attached hydrogens (primary N) is 1. The average molecular weight is 485 g/mol. The molecule has 5 nitrogen and oxygen atoms in total. The molecule has 1 fully saturated rings. The third kappa shape index (κ3) is 4.68. The molecular weight excluding hydrogens is 453 g/mol. The van der Waals surface area contributed by atoms with Crippen LogP contribution in [0.2, 0.25) is 0 Å². The highest BCUT2D eigenvalue weighted by Crippen LogP contribution is 2.42. The highest BCUT2D eigenvalue weighted by Gasteiger charge is 2.32. The fourth-order valence-corrected chi connectivity index (χ4v) is 5.75. The molecule has 186 valence electrons. The van der Waals surface area contributed by atoms with E-state index in [9.17, 15) is 18.3 Å². The number of benzene rings is 2. The lowest BCUT2D eigenvalue weighted by atomic mass is 9.79. The Labute approximate surface area is 203 Å². The molecule has 8 heteroatoms. The molecule has 1 unspecified atom stereocenters. The number of aliphatic hydroxyl groups is 1. The summed E-state index contributed by atoms with van der Waals surface area (Å²) in [4.78, 5) is 9.46. The molecule has 0 aliphatic heterocycles. The Morgan fingerprint density at radius 3 is 2.46 bits per heavy atom. The molecule has 4 N–H and O–H groups in total. The molecule has 1 atom stereocenters. The number of alkyl halides is 3. The first kappa shape index (κ1) is 23.9. The maximum Gasteiger partial charge on any atom is 0.416 e. The Morgan fingerprint density at radius 2 is 1.74 bits per heavy atom. The van der Waals surface area contributed by atoms with Gasteiger partial charge in [-0.2, -0.15) is 13.2 Å². The summed E-state index contributed by atoms with van der Waals surface area (Å²) in [5, 5.41) is 14.3. The average Bonchev–Trinajstić information content (AvgIpc) is 3.29. The lowest BCUT2D eigenvalue weighted by molar-refractivity contribution is -0.137. The quantitative estimate of drug-likeness (QED) is 0.383. The van der Waals surface area contributed by atoms with E-state index in [1.807, 2.05) is 13.8 Å². The molecular formula is C27H31F3N4O. The second kappa shape index (κ2) is 8.97. The van der Waals surface area contributed by atoms with Crippen LogP contribution in [0.25, 0.3) is 10.9 Å². The molecule has 0 saturated heterocycles. The second-order valence-electron chi connectivity index (χ2n) is 10.0. The van der Waals surface area contributed by atoms with Gasteiger partial charge in [0.15, 0.2) is 0 Å². The maximum atomic E-state index is 13.4. The first-order valence-corrected chi connectivity index (χ1v) is 12.4. The van der Waals surface area contributed by atoms with Crippen molar-refractivity contribution < 1.29 is 18.3 Å². The predicted octanol–water partition coefficient (Wildman–Crippen LogP) is 6.22. The minimum absolute atomic E-state index is 0.0757. The summed E-state index contributed by atoms with van der Waals surface area (Å²) in [5.41, 5.74) is 10.5. The molecule has 3 aromatic rings. The predicted molar refractivity (Wildman–Crippen MR) is 131 cm³/mol. The van der Waals surface area contributed by atoms with E-state index in [2.05, 4.69) is 16.4 Å². The zero-order valence-corrected chi connectivity index (χ0v) is 20.0. The molecule has 0 bridgehead atoms. The van der Waals surface area contributed by atoms with E-state index in [-0.39, 0.29) is 11.8 Å². The molecule has 0 amide bonds. The Kier molecular flexibility index (Phi) is 6.11. The summed E-state index contributed by atoms with van der Waals surface area (Å²) in [6, 6.07) is 5.41. The number of halogens is 3. The topological polar surface area (TPSA) is 84.1 Å². The smallest absolute Gasteiger partial charge is 0.399 e. The molecule has 0 spiro atoms. The van der Waals surface area contributed by atoms with Crippen molar-refractivity contribution in [1.82, 2.24) is 9.97 Å². The molecule has 1 saturated carbocycles. The van der Waals surface area contributed by atoms with Crippen LogP contribution >= 0.6 is 0 Å². The molecule has 5 rings (SSSR count). The SMILES string of the molecule is Cc1nc(NC(C)c2cc(N)cc(C(F)(F)F)c2)c2cc(C3CCC(O)CC3)c3c(c2n1)CCC3. The number of hydrogen-bond donors (Lipinski definition) is 3. The number of nitrogens with one attached hydrogen (secondary N) is 1. The fourth-order valence-electron chi connectivity index (χ4n) is 5.75. The number of nitrogen functional groups attached to an aromatic ring is 1. The van der Waals surface area contributed by atoms with Gasteiger partial charge in [0.1, 0.15) is 11.6 Å². The van der Waals surface area contributed by atoms with Crippen LogP contribution in [-0.4, -0.2) is 21.2 Å².